The first kappa shape index (κ1) is 12.6. The summed E-state index contributed by atoms with van der Waals surface area (Å²) in [5.74, 6) is -1.17. The van der Waals surface area contributed by atoms with Crippen molar-refractivity contribution in [2.45, 2.75) is 44.7 Å². The number of hydrogen-bond donors (Lipinski definition) is 2. The van der Waals surface area contributed by atoms with E-state index in [-0.39, 0.29) is 24.2 Å². The van der Waals surface area contributed by atoms with Crippen molar-refractivity contribution in [3.63, 3.8) is 0 Å². The summed E-state index contributed by atoms with van der Waals surface area (Å²) in [4.78, 5) is 26.1. The lowest BCUT2D eigenvalue weighted by atomic mass is 9.95. The molecule has 1 aliphatic carbocycles. The molecule has 2 rings (SSSR count). The number of carboxylic acid groups (broad SMARTS) is 1. The number of nitrogens with zero attached hydrogens (tertiary/aromatic N) is 2. The van der Waals surface area contributed by atoms with Crippen LogP contribution in [0.5, 0.6) is 0 Å². The molecule has 0 aliphatic heterocycles. The number of hydrogen-bond acceptors (Lipinski definition) is 3. The molecule has 0 spiro atoms. The van der Waals surface area contributed by atoms with Crippen LogP contribution < -0.4 is 5.32 Å². The first-order valence-corrected chi connectivity index (χ1v) is 6.19. The van der Waals surface area contributed by atoms with Gasteiger partial charge in [0, 0.05) is 12.2 Å². The molecule has 18 heavy (non-hydrogen) atoms. The highest BCUT2D eigenvalue weighted by molar-refractivity contribution is 5.85. The third kappa shape index (κ3) is 3.32. The Balaban J connectivity index is 1.84. The van der Waals surface area contributed by atoms with Crippen LogP contribution in [0.25, 0.3) is 0 Å². The number of rotatable bonds is 4. The zero-order valence-electron chi connectivity index (χ0n) is 10.1. The zero-order valence-corrected chi connectivity index (χ0v) is 10.1. The fourth-order valence-electron chi connectivity index (χ4n) is 2.24. The van der Waals surface area contributed by atoms with E-state index in [1.165, 1.54) is 36.4 Å². The van der Waals surface area contributed by atoms with Gasteiger partial charge in [-0.3, -0.25) is 4.79 Å². The van der Waals surface area contributed by atoms with E-state index in [1.807, 2.05) is 0 Å². The Labute approximate surface area is 105 Å². The van der Waals surface area contributed by atoms with Crippen LogP contribution in [0.4, 0.5) is 0 Å². The van der Waals surface area contributed by atoms with Crippen LogP contribution in [-0.2, 0) is 11.3 Å². The predicted molar refractivity (Wildman–Crippen MR) is 64.2 cm³/mol. The lowest BCUT2D eigenvalue weighted by molar-refractivity contribution is -0.122. The number of aromatic nitrogens is 2. The number of carboxylic acids is 1. The smallest absolute Gasteiger partial charge is 0.356 e. The van der Waals surface area contributed by atoms with Gasteiger partial charge in [0.15, 0.2) is 5.69 Å². The second-order valence-corrected chi connectivity index (χ2v) is 4.64. The fourth-order valence-corrected chi connectivity index (χ4v) is 2.24. The van der Waals surface area contributed by atoms with Crippen molar-refractivity contribution in [2.75, 3.05) is 0 Å². The summed E-state index contributed by atoms with van der Waals surface area (Å²) in [6.07, 6.45) is 8.38. The molecule has 0 unspecified atom stereocenters. The van der Waals surface area contributed by atoms with Crippen molar-refractivity contribution < 1.29 is 14.7 Å². The Bertz CT molecular complexity index is 436. The van der Waals surface area contributed by atoms with E-state index < -0.39 is 5.97 Å². The second-order valence-electron chi connectivity index (χ2n) is 4.64. The number of carbonyl (C=O) groups is 2. The minimum atomic E-state index is -1.08. The average molecular weight is 251 g/mol. The maximum Gasteiger partial charge on any atom is 0.356 e. The van der Waals surface area contributed by atoms with E-state index in [9.17, 15) is 9.59 Å². The predicted octanol–water partition coefficient (Wildman–Crippen LogP) is 1.03. The molecule has 6 heteroatoms. The Morgan fingerprint density at radius 1 is 1.39 bits per heavy atom. The maximum atomic E-state index is 11.8. The fraction of sp³-hybridized carbons (Fsp3) is 0.583. The molecule has 0 radical (unpaired) electrons. The van der Waals surface area contributed by atoms with Crippen LogP contribution in [0.3, 0.4) is 0 Å². The summed E-state index contributed by atoms with van der Waals surface area (Å²) in [5, 5.41) is 11.7. The van der Waals surface area contributed by atoms with Crippen molar-refractivity contribution in [3.05, 3.63) is 18.2 Å². The molecule has 0 bridgehead atoms. The van der Waals surface area contributed by atoms with Gasteiger partial charge < -0.3 is 15.0 Å². The second kappa shape index (κ2) is 5.66. The van der Waals surface area contributed by atoms with E-state index in [2.05, 4.69) is 10.3 Å². The molecule has 0 atom stereocenters. The normalized spacial score (nSPS) is 16.4. The van der Waals surface area contributed by atoms with Gasteiger partial charge in [-0.25, -0.2) is 9.78 Å². The molecule has 0 saturated heterocycles. The Hall–Kier alpha value is -1.85. The van der Waals surface area contributed by atoms with Crippen LogP contribution in [0.15, 0.2) is 12.5 Å². The monoisotopic (exact) mass is 251 g/mol. The molecule has 98 valence electrons. The summed E-state index contributed by atoms with van der Waals surface area (Å²) in [6, 6.07) is 0.272. The number of imidazole rings is 1. The van der Waals surface area contributed by atoms with Crippen LogP contribution >= 0.6 is 0 Å². The van der Waals surface area contributed by atoms with E-state index in [0.717, 1.165) is 12.8 Å². The van der Waals surface area contributed by atoms with Gasteiger partial charge in [0.2, 0.25) is 5.91 Å². The van der Waals surface area contributed by atoms with Crippen LogP contribution in [0.1, 0.15) is 42.6 Å². The molecular formula is C12H17N3O3. The van der Waals surface area contributed by atoms with Crippen molar-refractivity contribution in [2.24, 2.45) is 0 Å². The van der Waals surface area contributed by atoms with Gasteiger partial charge in [-0.15, -0.1) is 0 Å². The molecule has 1 heterocycles. The number of nitrogens with one attached hydrogen (secondary N) is 1. The van der Waals surface area contributed by atoms with Gasteiger partial charge in [0.1, 0.15) is 6.54 Å². The largest absolute Gasteiger partial charge is 0.476 e. The lowest BCUT2D eigenvalue weighted by Crippen LogP contribution is -2.38. The summed E-state index contributed by atoms with van der Waals surface area (Å²) in [5.41, 5.74) is -0.0412. The first-order chi connectivity index (χ1) is 8.65. The van der Waals surface area contributed by atoms with E-state index >= 15 is 0 Å². The van der Waals surface area contributed by atoms with Crippen LogP contribution in [-0.4, -0.2) is 32.6 Å². The molecular weight excluding hydrogens is 234 g/mol. The minimum Gasteiger partial charge on any atom is -0.476 e. The molecule has 1 amide bonds. The maximum absolute atomic E-state index is 11.8. The van der Waals surface area contributed by atoms with Crippen molar-refractivity contribution in [3.8, 4) is 0 Å². The Kier molecular flexibility index (Phi) is 3.96. The van der Waals surface area contributed by atoms with Crippen molar-refractivity contribution >= 4 is 11.9 Å². The minimum absolute atomic E-state index is 0.0412. The molecule has 6 nitrogen and oxygen atoms in total. The number of amides is 1. The SMILES string of the molecule is O=C(Cn1cnc(C(=O)O)c1)NC1CCCCC1. The molecule has 1 saturated carbocycles. The molecule has 0 aromatic carbocycles. The summed E-state index contributed by atoms with van der Waals surface area (Å²) >= 11 is 0. The van der Waals surface area contributed by atoms with Crippen molar-refractivity contribution in [1.82, 2.24) is 14.9 Å². The van der Waals surface area contributed by atoms with Gasteiger partial charge in [0.05, 0.1) is 6.33 Å². The highest BCUT2D eigenvalue weighted by atomic mass is 16.4. The quantitative estimate of drug-likeness (QED) is 0.837. The Morgan fingerprint density at radius 3 is 2.72 bits per heavy atom. The highest BCUT2D eigenvalue weighted by Crippen LogP contribution is 2.17. The van der Waals surface area contributed by atoms with Gasteiger partial charge >= 0.3 is 5.97 Å². The first-order valence-electron chi connectivity index (χ1n) is 6.19. The Morgan fingerprint density at radius 2 is 2.11 bits per heavy atom. The van der Waals surface area contributed by atoms with Gasteiger partial charge in [-0.2, -0.15) is 0 Å². The summed E-state index contributed by atoms with van der Waals surface area (Å²) in [6.45, 7) is 0.122. The van der Waals surface area contributed by atoms with Gasteiger partial charge in [-0.05, 0) is 12.8 Å². The van der Waals surface area contributed by atoms with E-state index in [4.69, 9.17) is 5.11 Å². The van der Waals surface area contributed by atoms with Gasteiger partial charge in [0.25, 0.3) is 0 Å². The number of aromatic carboxylic acids is 1. The summed E-state index contributed by atoms with van der Waals surface area (Å²) < 4.78 is 1.49. The molecule has 2 N–H and O–H groups in total. The molecule has 1 fully saturated rings. The van der Waals surface area contributed by atoms with E-state index in [0.29, 0.717) is 0 Å². The summed E-state index contributed by atoms with van der Waals surface area (Å²) in [7, 11) is 0. The zero-order chi connectivity index (χ0) is 13.0. The highest BCUT2D eigenvalue weighted by Gasteiger charge is 2.16. The van der Waals surface area contributed by atoms with Crippen LogP contribution in [0, 0.1) is 0 Å². The van der Waals surface area contributed by atoms with Crippen molar-refractivity contribution in [1.29, 1.82) is 0 Å². The average Bonchev–Trinajstić information content (AvgIpc) is 2.78. The third-order valence-corrected chi connectivity index (χ3v) is 3.15. The van der Waals surface area contributed by atoms with Gasteiger partial charge in [-0.1, -0.05) is 19.3 Å². The lowest BCUT2D eigenvalue weighted by Gasteiger charge is -2.22. The topological polar surface area (TPSA) is 84.2 Å². The molecule has 1 aromatic heterocycles. The van der Waals surface area contributed by atoms with E-state index in [1.54, 1.807) is 0 Å². The molecule has 1 aromatic rings. The van der Waals surface area contributed by atoms with Crippen LogP contribution in [0.2, 0.25) is 0 Å². The molecule has 1 aliphatic rings. The third-order valence-electron chi connectivity index (χ3n) is 3.15. The number of carbonyl (C=O) groups excluding carboxylic acids is 1. The standard InChI is InChI=1S/C12H17N3O3/c16-11(14-9-4-2-1-3-5-9)7-15-6-10(12(17)18)13-8-15/h6,8-9H,1-5,7H2,(H,14,16)(H,17,18).